The van der Waals surface area contributed by atoms with Crippen LogP contribution >= 0.6 is 0 Å². The lowest BCUT2D eigenvalue weighted by molar-refractivity contribution is 0.0910. The number of nitrogens with one attached hydrogen (secondary N) is 2. The van der Waals surface area contributed by atoms with E-state index in [0.717, 1.165) is 17.4 Å². The molecule has 5 rings (SSSR count). The quantitative estimate of drug-likeness (QED) is 0.593. The number of benzene rings is 2. The lowest BCUT2D eigenvalue weighted by Gasteiger charge is -2.43. The van der Waals surface area contributed by atoms with Crippen molar-refractivity contribution in [1.29, 1.82) is 0 Å². The number of amides is 1. The maximum atomic E-state index is 13.2. The minimum Gasteiger partial charge on any atom is -0.378 e. The Kier molecular flexibility index (Phi) is 5.32. The molecular weight excluding hydrogens is 380 g/mol. The Labute approximate surface area is 187 Å². The summed E-state index contributed by atoms with van der Waals surface area (Å²) in [5.74, 6) is 3.67. The molecule has 3 heteroatoms. The standard InChI is InChI=1S/C28H36N2O/c1-16(2)26(17(3)4)30-28(31)21-12-13-23-22(15-21)24-19-10-11-20(14-19)25(24)27(29-23)18-8-6-5-7-9-18/h5-9,12-13,15-17,19-20,24-27,29H,10-11,14H2,1-4H3,(H,30,31)/t19-,20-,24-,25+,27+/m0/s1. The molecule has 0 spiro atoms. The third kappa shape index (κ3) is 3.56. The van der Waals surface area contributed by atoms with Crippen molar-refractivity contribution >= 4 is 11.6 Å². The van der Waals surface area contributed by atoms with Crippen LogP contribution in [0.15, 0.2) is 48.5 Å². The summed E-state index contributed by atoms with van der Waals surface area (Å²) in [6, 6.07) is 17.9. The van der Waals surface area contributed by atoms with Gasteiger partial charge in [0.15, 0.2) is 0 Å². The largest absolute Gasteiger partial charge is 0.378 e. The fraction of sp³-hybridized carbons (Fsp3) is 0.536. The third-order valence-electron chi connectivity index (χ3n) is 8.24. The van der Waals surface area contributed by atoms with Crippen LogP contribution in [0, 0.1) is 29.6 Å². The molecule has 3 aliphatic rings. The predicted octanol–water partition coefficient (Wildman–Crippen LogP) is 6.39. The maximum Gasteiger partial charge on any atom is 0.251 e. The molecule has 0 saturated heterocycles. The SMILES string of the molecule is CC(C)C(NC(=O)c1ccc2c(c1)[C@@H]1[C@H]3CC[C@@H](C3)[C@H]1[C@@H](c1ccccc1)N2)C(C)C. The zero-order valence-electron chi connectivity index (χ0n) is 19.3. The van der Waals surface area contributed by atoms with Gasteiger partial charge in [0, 0.05) is 17.3 Å². The van der Waals surface area contributed by atoms with E-state index >= 15 is 0 Å². The molecule has 31 heavy (non-hydrogen) atoms. The fourth-order valence-corrected chi connectivity index (χ4v) is 6.96. The van der Waals surface area contributed by atoms with Gasteiger partial charge < -0.3 is 10.6 Å². The van der Waals surface area contributed by atoms with E-state index in [4.69, 9.17) is 0 Å². The molecule has 164 valence electrons. The monoisotopic (exact) mass is 416 g/mol. The smallest absolute Gasteiger partial charge is 0.251 e. The van der Waals surface area contributed by atoms with Crippen molar-refractivity contribution in [2.45, 2.75) is 65.0 Å². The zero-order valence-corrected chi connectivity index (χ0v) is 19.3. The van der Waals surface area contributed by atoms with Crippen molar-refractivity contribution < 1.29 is 4.79 Å². The molecule has 5 atom stereocenters. The van der Waals surface area contributed by atoms with Gasteiger partial charge in [0.05, 0.1) is 6.04 Å². The molecule has 0 unspecified atom stereocenters. The molecule has 2 bridgehead atoms. The summed E-state index contributed by atoms with van der Waals surface area (Å²) < 4.78 is 0. The highest BCUT2D eigenvalue weighted by atomic mass is 16.1. The Morgan fingerprint density at radius 1 is 0.968 bits per heavy atom. The van der Waals surface area contributed by atoms with Crippen LogP contribution in [-0.2, 0) is 0 Å². The first kappa shape index (κ1) is 20.6. The van der Waals surface area contributed by atoms with Crippen LogP contribution in [0.5, 0.6) is 0 Å². The van der Waals surface area contributed by atoms with Gasteiger partial charge >= 0.3 is 0 Å². The van der Waals surface area contributed by atoms with E-state index in [1.54, 1.807) is 0 Å². The number of anilines is 1. The second-order valence-corrected chi connectivity index (χ2v) is 10.8. The van der Waals surface area contributed by atoms with Crippen LogP contribution in [0.3, 0.4) is 0 Å². The molecule has 2 aliphatic carbocycles. The van der Waals surface area contributed by atoms with E-state index in [-0.39, 0.29) is 11.9 Å². The Hall–Kier alpha value is -2.29. The van der Waals surface area contributed by atoms with E-state index in [0.29, 0.717) is 29.7 Å². The lowest BCUT2D eigenvalue weighted by Crippen LogP contribution is -2.42. The number of rotatable bonds is 5. The minimum absolute atomic E-state index is 0.0695. The molecule has 0 radical (unpaired) electrons. The Balaban J connectivity index is 1.48. The van der Waals surface area contributed by atoms with Gasteiger partial charge in [-0.1, -0.05) is 58.0 Å². The Morgan fingerprint density at radius 2 is 1.68 bits per heavy atom. The van der Waals surface area contributed by atoms with Gasteiger partial charge in [0.2, 0.25) is 0 Å². The summed E-state index contributed by atoms with van der Waals surface area (Å²) in [6.07, 6.45) is 4.04. The molecule has 1 amide bonds. The average molecular weight is 417 g/mol. The predicted molar refractivity (Wildman–Crippen MR) is 127 cm³/mol. The summed E-state index contributed by atoms with van der Waals surface area (Å²) in [7, 11) is 0. The summed E-state index contributed by atoms with van der Waals surface area (Å²) >= 11 is 0. The van der Waals surface area contributed by atoms with Crippen LogP contribution < -0.4 is 10.6 Å². The van der Waals surface area contributed by atoms with Crippen molar-refractivity contribution in [3.63, 3.8) is 0 Å². The first-order chi connectivity index (χ1) is 14.9. The molecule has 2 N–H and O–H groups in total. The molecule has 3 nitrogen and oxygen atoms in total. The van der Waals surface area contributed by atoms with Crippen LogP contribution in [0.4, 0.5) is 5.69 Å². The number of hydrogen-bond donors (Lipinski definition) is 2. The van der Waals surface area contributed by atoms with Crippen molar-refractivity contribution in [2.24, 2.45) is 29.6 Å². The topological polar surface area (TPSA) is 41.1 Å². The normalized spacial score (nSPS) is 28.5. The molecule has 2 saturated carbocycles. The molecule has 2 aromatic carbocycles. The summed E-state index contributed by atoms with van der Waals surface area (Å²) in [5, 5.41) is 7.19. The van der Waals surface area contributed by atoms with Crippen LogP contribution in [0.25, 0.3) is 0 Å². The lowest BCUT2D eigenvalue weighted by atomic mass is 9.68. The van der Waals surface area contributed by atoms with E-state index < -0.39 is 0 Å². The van der Waals surface area contributed by atoms with Crippen molar-refractivity contribution in [3.8, 4) is 0 Å². The number of fused-ring (bicyclic) bond motifs is 7. The van der Waals surface area contributed by atoms with Gasteiger partial charge in [0.25, 0.3) is 5.91 Å². The highest BCUT2D eigenvalue weighted by Gasteiger charge is 2.53. The van der Waals surface area contributed by atoms with Gasteiger partial charge in [-0.15, -0.1) is 0 Å². The van der Waals surface area contributed by atoms with E-state index in [9.17, 15) is 4.79 Å². The van der Waals surface area contributed by atoms with Crippen LogP contribution in [-0.4, -0.2) is 11.9 Å². The summed E-state index contributed by atoms with van der Waals surface area (Å²) in [6.45, 7) is 8.74. The summed E-state index contributed by atoms with van der Waals surface area (Å²) in [4.78, 5) is 13.2. The third-order valence-corrected chi connectivity index (χ3v) is 8.24. The zero-order chi connectivity index (χ0) is 21.7. The maximum absolute atomic E-state index is 13.2. The van der Waals surface area contributed by atoms with Crippen molar-refractivity contribution in [2.75, 3.05) is 5.32 Å². The number of carbonyl (C=O) groups is 1. The molecule has 2 aromatic rings. The van der Waals surface area contributed by atoms with Gasteiger partial charge in [-0.2, -0.15) is 0 Å². The van der Waals surface area contributed by atoms with Gasteiger partial charge in [-0.3, -0.25) is 4.79 Å². The average Bonchev–Trinajstić information content (AvgIpc) is 3.39. The highest BCUT2D eigenvalue weighted by Crippen LogP contribution is 2.63. The van der Waals surface area contributed by atoms with Crippen molar-refractivity contribution in [1.82, 2.24) is 5.32 Å². The fourth-order valence-electron chi connectivity index (χ4n) is 6.96. The molecular formula is C28H36N2O. The van der Waals surface area contributed by atoms with Gasteiger partial charge in [-0.25, -0.2) is 0 Å². The molecule has 0 aromatic heterocycles. The number of hydrogen-bond acceptors (Lipinski definition) is 2. The van der Waals surface area contributed by atoms with Crippen LogP contribution in [0.1, 0.15) is 80.4 Å². The van der Waals surface area contributed by atoms with E-state index in [2.05, 4.69) is 80.8 Å². The second kappa shape index (κ2) is 8.00. The van der Waals surface area contributed by atoms with E-state index in [1.807, 2.05) is 6.07 Å². The molecule has 1 aliphatic heterocycles. The highest BCUT2D eigenvalue weighted by molar-refractivity contribution is 5.95. The van der Waals surface area contributed by atoms with Crippen molar-refractivity contribution in [3.05, 3.63) is 65.2 Å². The minimum atomic E-state index is 0.0695. The Bertz CT molecular complexity index is 943. The van der Waals surface area contributed by atoms with Gasteiger partial charge in [-0.05, 0) is 84.1 Å². The molecule has 2 fully saturated rings. The van der Waals surface area contributed by atoms with Gasteiger partial charge in [0.1, 0.15) is 0 Å². The molecule has 1 heterocycles. The first-order valence-corrected chi connectivity index (χ1v) is 12.2. The first-order valence-electron chi connectivity index (χ1n) is 12.2. The van der Waals surface area contributed by atoms with E-state index in [1.165, 1.54) is 36.1 Å². The number of carbonyl (C=O) groups excluding carboxylic acids is 1. The van der Waals surface area contributed by atoms with Crippen LogP contribution in [0.2, 0.25) is 0 Å². The Morgan fingerprint density at radius 3 is 2.39 bits per heavy atom. The second-order valence-electron chi connectivity index (χ2n) is 10.8. The summed E-state index contributed by atoms with van der Waals surface area (Å²) in [5.41, 5.74) is 4.81.